The second kappa shape index (κ2) is 4.66. The molecule has 1 aromatic heterocycles. The quantitative estimate of drug-likeness (QED) is 0.809. The van der Waals surface area contributed by atoms with Crippen molar-refractivity contribution in [1.29, 1.82) is 0 Å². The van der Waals surface area contributed by atoms with Crippen molar-refractivity contribution >= 4 is 5.97 Å². The van der Waals surface area contributed by atoms with E-state index in [1.54, 1.807) is 6.20 Å². The summed E-state index contributed by atoms with van der Waals surface area (Å²) in [7, 11) is 0. The molecule has 98 valence electrons. The Morgan fingerprint density at radius 2 is 2.50 bits per heavy atom. The minimum atomic E-state index is -0.751. The van der Waals surface area contributed by atoms with Gasteiger partial charge in [-0.05, 0) is 6.42 Å². The third kappa shape index (κ3) is 2.11. The van der Waals surface area contributed by atoms with E-state index in [0.29, 0.717) is 13.2 Å². The summed E-state index contributed by atoms with van der Waals surface area (Å²) in [5.41, 5.74) is 0.997. The molecule has 2 aliphatic rings. The second-order valence-electron chi connectivity index (χ2n) is 4.82. The Labute approximate surface area is 104 Å². The number of piperidine rings is 1. The van der Waals surface area contributed by atoms with Crippen LogP contribution < -0.4 is 0 Å². The molecule has 18 heavy (non-hydrogen) atoms. The summed E-state index contributed by atoms with van der Waals surface area (Å²) in [4.78, 5) is 12.8. The number of carboxylic acids is 1. The summed E-state index contributed by atoms with van der Waals surface area (Å²) in [5.74, 6) is -0.751. The van der Waals surface area contributed by atoms with Crippen molar-refractivity contribution in [2.75, 3.05) is 19.6 Å². The molecular weight excluding hydrogens is 236 g/mol. The van der Waals surface area contributed by atoms with Crippen LogP contribution in [0.15, 0.2) is 6.20 Å². The first-order valence-corrected chi connectivity index (χ1v) is 6.19. The summed E-state index contributed by atoms with van der Waals surface area (Å²) < 4.78 is 7.73. The van der Waals surface area contributed by atoms with E-state index in [2.05, 4.69) is 15.2 Å². The largest absolute Gasteiger partial charge is 0.481 e. The molecule has 1 aromatic rings. The predicted molar refractivity (Wildman–Crippen MR) is 60.9 cm³/mol. The van der Waals surface area contributed by atoms with Crippen molar-refractivity contribution in [3.05, 3.63) is 11.9 Å². The van der Waals surface area contributed by atoms with Gasteiger partial charge in [0.2, 0.25) is 0 Å². The third-order valence-electron chi connectivity index (χ3n) is 3.65. The van der Waals surface area contributed by atoms with Gasteiger partial charge in [-0.1, -0.05) is 5.21 Å². The summed E-state index contributed by atoms with van der Waals surface area (Å²) in [6.45, 7) is 2.83. The SMILES string of the molecule is O=C(O)CCN1CC[C@@H]2OCc3cnnn3[C@H]2C1. The number of aromatic nitrogens is 3. The molecule has 0 saturated carbocycles. The summed E-state index contributed by atoms with van der Waals surface area (Å²) in [5, 5.41) is 16.8. The molecule has 2 atom stereocenters. The Bertz CT molecular complexity index is 447. The number of carboxylic acid groups (broad SMARTS) is 1. The molecule has 1 fully saturated rings. The molecule has 2 aliphatic heterocycles. The average Bonchev–Trinajstić information content (AvgIpc) is 2.84. The first-order valence-electron chi connectivity index (χ1n) is 6.19. The Kier molecular flexibility index (Phi) is 3.00. The van der Waals surface area contributed by atoms with Gasteiger partial charge in [0.25, 0.3) is 0 Å². The first kappa shape index (κ1) is 11.6. The minimum absolute atomic E-state index is 0.166. The van der Waals surface area contributed by atoms with E-state index in [9.17, 15) is 4.79 Å². The van der Waals surface area contributed by atoms with Crippen LogP contribution in [0.4, 0.5) is 0 Å². The molecule has 0 aromatic carbocycles. The van der Waals surface area contributed by atoms with E-state index >= 15 is 0 Å². The number of fused-ring (bicyclic) bond motifs is 3. The van der Waals surface area contributed by atoms with E-state index in [-0.39, 0.29) is 18.6 Å². The number of carbonyl (C=O) groups is 1. The minimum Gasteiger partial charge on any atom is -0.481 e. The van der Waals surface area contributed by atoms with Gasteiger partial charge in [0.1, 0.15) is 0 Å². The molecule has 3 rings (SSSR count). The van der Waals surface area contributed by atoms with Gasteiger partial charge < -0.3 is 14.7 Å². The lowest BCUT2D eigenvalue weighted by Crippen LogP contribution is -2.48. The van der Waals surface area contributed by atoms with E-state index in [1.165, 1.54) is 0 Å². The Hall–Kier alpha value is -1.47. The molecule has 7 heteroatoms. The third-order valence-corrected chi connectivity index (χ3v) is 3.65. The van der Waals surface area contributed by atoms with E-state index in [1.807, 2.05) is 4.68 Å². The summed E-state index contributed by atoms with van der Waals surface area (Å²) >= 11 is 0. The fourth-order valence-corrected chi connectivity index (χ4v) is 2.70. The van der Waals surface area contributed by atoms with Crippen molar-refractivity contribution < 1.29 is 14.6 Å². The molecule has 1 N–H and O–H groups in total. The highest BCUT2D eigenvalue weighted by Crippen LogP contribution is 2.29. The maximum atomic E-state index is 10.6. The lowest BCUT2D eigenvalue weighted by Gasteiger charge is -2.40. The van der Waals surface area contributed by atoms with E-state index in [0.717, 1.165) is 25.2 Å². The van der Waals surface area contributed by atoms with Crippen LogP contribution in [0.3, 0.4) is 0 Å². The van der Waals surface area contributed by atoms with Crippen molar-refractivity contribution in [2.24, 2.45) is 0 Å². The monoisotopic (exact) mass is 252 g/mol. The number of ether oxygens (including phenoxy) is 1. The topological polar surface area (TPSA) is 80.5 Å². The van der Waals surface area contributed by atoms with Crippen LogP contribution in [0.25, 0.3) is 0 Å². The normalized spacial score (nSPS) is 27.6. The van der Waals surface area contributed by atoms with Crippen LogP contribution in [0.5, 0.6) is 0 Å². The highest BCUT2D eigenvalue weighted by atomic mass is 16.5. The van der Waals surface area contributed by atoms with Crippen molar-refractivity contribution in [1.82, 2.24) is 19.9 Å². The smallest absolute Gasteiger partial charge is 0.304 e. The maximum absolute atomic E-state index is 10.6. The summed E-state index contributed by atoms with van der Waals surface area (Å²) in [6.07, 6.45) is 3.01. The zero-order chi connectivity index (χ0) is 12.5. The number of hydrogen-bond donors (Lipinski definition) is 1. The zero-order valence-electron chi connectivity index (χ0n) is 10.0. The maximum Gasteiger partial charge on any atom is 0.304 e. The highest BCUT2D eigenvalue weighted by Gasteiger charge is 2.36. The van der Waals surface area contributed by atoms with E-state index in [4.69, 9.17) is 9.84 Å². The number of aliphatic carboxylic acids is 1. The highest BCUT2D eigenvalue weighted by molar-refractivity contribution is 5.66. The van der Waals surface area contributed by atoms with Crippen LogP contribution >= 0.6 is 0 Å². The van der Waals surface area contributed by atoms with Gasteiger partial charge in [-0.25, -0.2) is 4.68 Å². The predicted octanol–water partition coefficient (Wildman–Crippen LogP) is -0.102. The molecule has 0 unspecified atom stereocenters. The van der Waals surface area contributed by atoms with Gasteiger partial charge >= 0.3 is 5.97 Å². The molecule has 7 nitrogen and oxygen atoms in total. The standard InChI is InChI=1S/C11H16N4O3/c16-11(17)2-4-14-3-1-10-9(6-14)15-8(7-18-10)5-12-13-15/h5,9-10H,1-4,6-7H2,(H,16,17)/t9-,10-/m0/s1. The molecule has 0 aliphatic carbocycles. The second-order valence-corrected chi connectivity index (χ2v) is 4.82. The van der Waals surface area contributed by atoms with Gasteiger partial charge in [0.05, 0.1) is 37.1 Å². The first-order chi connectivity index (χ1) is 8.74. The molecule has 1 saturated heterocycles. The molecule has 0 bridgehead atoms. The molecule has 0 spiro atoms. The van der Waals surface area contributed by atoms with Crippen LogP contribution in [-0.4, -0.2) is 56.7 Å². The average molecular weight is 252 g/mol. The van der Waals surface area contributed by atoms with Gasteiger partial charge in [-0.2, -0.15) is 0 Å². The number of likely N-dealkylation sites (tertiary alicyclic amines) is 1. The number of hydrogen-bond acceptors (Lipinski definition) is 5. The van der Waals surface area contributed by atoms with Crippen molar-refractivity contribution in [3.8, 4) is 0 Å². The Balaban J connectivity index is 1.69. The molecular formula is C11H16N4O3. The molecule has 0 radical (unpaired) electrons. The zero-order valence-corrected chi connectivity index (χ0v) is 10.0. The molecule has 3 heterocycles. The van der Waals surface area contributed by atoms with Gasteiger partial charge in [0, 0.05) is 19.6 Å². The number of rotatable bonds is 3. The lowest BCUT2D eigenvalue weighted by molar-refractivity contribution is -0.137. The number of nitrogens with zero attached hydrogens (tertiary/aromatic N) is 4. The van der Waals surface area contributed by atoms with Crippen molar-refractivity contribution in [3.63, 3.8) is 0 Å². The van der Waals surface area contributed by atoms with Gasteiger partial charge in [0.15, 0.2) is 0 Å². The Morgan fingerprint density at radius 3 is 3.33 bits per heavy atom. The van der Waals surface area contributed by atoms with Crippen LogP contribution in [-0.2, 0) is 16.1 Å². The van der Waals surface area contributed by atoms with Gasteiger partial charge in [-0.3, -0.25) is 4.79 Å². The Morgan fingerprint density at radius 1 is 1.61 bits per heavy atom. The lowest BCUT2D eigenvalue weighted by atomic mass is 10.0. The fourth-order valence-electron chi connectivity index (χ4n) is 2.70. The van der Waals surface area contributed by atoms with Crippen LogP contribution in [0.2, 0.25) is 0 Å². The van der Waals surface area contributed by atoms with E-state index < -0.39 is 5.97 Å². The molecule has 0 amide bonds. The van der Waals surface area contributed by atoms with Gasteiger partial charge in [-0.15, -0.1) is 5.10 Å². The van der Waals surface area contributed by atoms with Crippen LogP contribution in [0.1, 0.15) is 24.6 Å². The summed E-state index contributed by atoms with van der Waals surface area (Å²) in [6, 6.07) is 0.166. The van der Waals surface area contributed by atoms with Crippen LogP contribution in [0, 0.1) is 0 Å². The van der Waals surface area contributed by atoms with Crippen molar-refractivity contribution in [2.45, 2.75) is 31.6 Å². The fraction of sp³-hybridized carbons (Fsp3) is 0.727.